The molecule has 3 rings (SSSR count). The van der Waals surface area contributed by atoms with Crippen molar-refractivity contribution in [3.63, 3.8) is 0 Å². The lowest BCUT2D eigenvalue weighted by atomic mass is 9.89. The van der Waals surface area contributed by atoms with Crippen LogP contribution in [0.2, 0.25) is 0 Å². The van der Waals surface area contributed by atoms with Gasteiger partial charge in [0.15, 0.2) is 0 Å². The molecular weight excluding hydrogens is 186 g/mol. The van der Waals surface area contributed by atoms with E-state index in [9.17, 15) is 0 Å². The van der Waals surface area contributed by atoms with Crippen molar-refractivity contribution >= 4 is 0 Å². The smallest absolute Gasteiger partial charge is 0.0557 e. The number of benzene rings is 1. The zero-order valence-corrected chi connectivity index (χ0v) is 8.91. The van der Waals surface area contributed by atoms with Crippen LogP contribution in [0.1, 0.15) is 29.9 Å². The van der Waals surface area contributed by atoms with Gasteiger partial charge in [0.2, 0.25) is 0 Å². The largest absolute Gasteiger partial charge is 0.380 e. The normalized spacial score (nSPS) is 23.5. The second-order valence-electron chi connectivity index (χ2n) is 4.97. The summed E-state index contributed by atoms with van der Waals surface area (Å²) in [5, 5.41) is 0. The van der Waals surface area contributed by atoms with E-state index < -0.39 is 0 Å². The molecule has 1 saturated carbocycles. The first-order valence-electron chi connectivity index (χ1n) is 5.71. The molecule has 1 heterocycles. The van der Waals surface area contributed by atoms with E-state index in [4.69, 9.17) is 10.5 Å². The summed E-state index contributed by atoms with van der Waals surface area (Å²) in [4.78, 5) is 0. The van der Waals surface area contributed by atoms with Gasteiger partial charge < -0.3 is 10.5 Å². The average Bonchev–Trinajstić information content (AvgIpc) is 2.84. The summed E-state index contributed by atoms with van der Waals surface area (Å²) in [6.45, 7) is 1.77. The van der Waals surface area contributed by atoms with Crippen LogP contribution in [-0.2, 0) is 11.2 Å². The lowest BCUT2D eigenvalue weighted by molar-refractivity contribution is 0.00804. The Balaban J connectivity index is 1.85. The minimum Gasteiger partial charge on any atom is -0.380 e. The van der Waals surface area contributed by atoms with Gasteiger partial charge in [0, 0.05) is 11.5 Å². The molecule has 15 heavy (non-hydrogen) atoms. The van der Waals surface area contributed by atoms with E-state index in [1.54, 1.807) is 0 Å². The molecule has 80 valence electrons. The Labute approximate surface area is 90.4 Å². The Hall–Kier alpha value is -0.860. The average molecular weight is 203 g/mol. The number of hydrogen-bond acceptors (Lipinski definition) is 2. The van der Waals surface area contributed by atoms with Crippen molar-refractivity contribution in [3.05, 3.63) is 35.4 Å². The first-order chi connectivity index (χ1) is 7.27. The third-order valence-corrected chi connectivity index (χ3v) is 3.57. The molecule has 1 aromatic rings. The van der Waals surface area contributed by atoms with E-state index in [0.29, 0.717) is 5.92 Å². The molecule has 0 amide bonds. The van der Waals surface area contributed by atoms with Crippen LogP contribution in [0.25, 0.3) is 0 Å². The van der Waals surface area contributed by atoms with E-state index in [1.807, 2.05) is 0 Å². The van der Waals surface area contributed by atoms with Gasteiger partial charge in [-0.2, -0.15) is 0 Å². The second-order valence-corrected chi connectivity index (χ2v) is 4.97. The number of hydrogen-bond donors (Lipinski definition) is 1. The Kier molecular flexibility index (Phi) is 2.08. The van der Waals surface area contributed by atoms with Crippen LogP contribution in [0.4, 0.5) is 0 Å². The molecule has 0 spiro atoms. The molecule has 0 aromatic heterocycles. The molecule has 1 aromatic carbocycles. The molecule has 1 aliphatic heterocycles. The van der Waals surface area contributed by atoms with Crippen LogP contribution in [0.15, 0.2) is 24.3 Å². The highest BCUT2D eigenvalue weighted by Gasteiger charge is 2.39. The van der Waals surface area contributed by atoms with Crippen molar-refractivity contribution in [2.75, 3.05) is 13.2 Å². The fraction of sp³-hybridized carbons (Fsp3) is 0.538. The monoisotopic (exact) mass is 203 g/mol. The number of rotatable bonds is 3. The van der Waals surface area contributed by atoms with Gasteiger partial charge in [-0.05, 0) is 30.4 Å². The fourth-order valence-corrected chi connectivity index (χ4v) is 2.23. The van der Waals surface area contributed by atoms with Gasteiger partial charge in [-0.25, -0.2) is 0 Å². The molecule has 0 bridgehead atoms. The van der Waals surface area contributed by atoms with Crippen molar-refractivity contribution in [3.8, 4) is 0 Å². The third kappa shape index (κ3) is 1.80. The van der Waals surface area contributed by atoms with Crippen LogP contribution in [-0.4, -0.2) is 18.8 Å². The maximum absolute atomic E-state index is 6.18. The van der Waals surface area contributed by atoms with Crippen LogP contribution in [0, 0.1) is 0 Å². The van der Waals surface area contributed by atoms with Crippen molar-refractivity contribution in [2.24, 2.45) is 5.73 Å². The quantitative estimate of drug-likeness (QED) is 0.813. The van der Waals surface area contributed by atoms with E-state index in [-0.39, 0.29) is 5.54 Å². The molecule has 1 saturated heterocycles. The highest BCUT2D eigenvalue weighted by molar-refractivity contribution is 5.34. The lowest BCUT2D eigenvalue weighted by Gasteiger charge is -2.28. The van der Waals surface area contributed by atoms with Gasteiger partial charge in [-0.3, -0.25) is 0 Å². The van der Waals surface area contributed by atoms with Crippen LogP contribution in [0.5, 0.6) is 0 Å². The molecule has 0 radical (unpaired) electrons. The predicted octanol–water partition coefficient (Wildman–Crippen LogP) is 1.83. The first kappa shape index (κ1) is 9.37. The summed E-state index contributed by atoms with van der Waals surface area (Å²) >= 11 is 0. The molecule has 2 fully saturated rings. The van der Waals surface area contributed by atoms with Gasteiger partial charge in [-0.15, -0.1) is 0 Å². The highest BCUT2D eigenvalue weighted by Crippen LogP contribution is 2.38. The van der Waals surface area contributed by atoms with Crippen molar-refractivity contribution < 1.29 is 4.74 Å². The minimum atomic E-state index is 0.112. The lowest BCUT2D eigenvalue weighted by Crippen LogP contribution is -2.29. The topological polar surface area (TPSA) is 35.2 Å². The molecule has 2 nitrogen and oxygen atoms in total. The standard InChI is InChI=1S/C13H17NO/c14-13(5-6-13)7-10-3-1-2-4-12(10)11-8-15-9-11/h1-4,11H,5-9,14H2. The van der Waals surface area contributed by atoms with Crippen molar-refractivity contribution in [1.82, 2.24) is 0 Å². The summed E-state index contributed by atoms with van der Waals surface area (Å²) in [5.74, 6) is 0.614. The molecule has 2 heteroatoms. The number of ether oxygens (including phenoxy) is 1. The molecule has 2 N–H and O–H groups in total. The van der Waals surface area contributed by atoms with Crippen molar-refractivity contribution in [2.45, 2.75) is 30.7 Å². The fourth-order valence-electron chi connectivity index (χ4n) is 2.23. The third-order valence-electron chi connectivity index (χ3n) is 3.57. The zero-order chi connectivity index (χ0) is 10.3. The Bertz CT molecular complexity index is 367. The van der Waals surface area contributed by atoms with E-state index in [1.165, 1.54) is 24.0 Å². The summed E-state index contributed by atoms with van der Waals surface area (Å²) in [6, 6.07) is 8.69. The van der Waals surface area contributed by atoms with Gasteiger partial charge in [0.05, 0.1) is 13.2 Å². The van der Waals surface area contributed by atoms with Crippen LogP contribution >= 0.6 is 0 Å². The molecule has 0 atom stereocenters. The second kappa shape index (κ2) is 3.32. The summed E-state index contributed by atoms with van der Waals surface area (Å²) < 4.78 is 5.26. The molecule has 1 aliphatic carbocycles. The Morgan fingerprint density at radius 3 is 2.60 bits per heavy atom. The van der Waals surface area contributed by atoms with E-state index >= 15 is 0 Å². The zero-order valence-electron chi connectivity index (χ0n) is 8.91. The summed E-state index contributed by atoms with van der Waals surface area (Å²) in [7, 11) is 0. The van der Waals surface area contributed by atoms with Gasteiger partial charge in [0.25, 0.3) is 0 Å². The van der Waals surface area contributed by atoms with E-state index in [2.05, 4.69) is 24.3 Å². The maximum atomic E-state index is 6.18. The van der Waals surface area contributed by atoms with Gasteiger partial charge in [-0.1, -0.05) is 24.3 Å². The van der Waals surface area contributed by atoms with Crippen LogP contribution in [0.3, 0.4) is 0 Å². The Morgan fingerprint density at radius 2 is 2.00 bits per heavy atom. The van der Waals surface area contributed by atoms with Crippen molar-refractivity contribution in [1.29, 1.82) is 0 Å². The van der Waals surface area contributed by atoms with Gasteiger partial charge in [0.1, 0.15) is 0 Å². The highest BCUT2D eigenvalue weighted by atomic mass is 16.5. The minimum absolute atomic E-state index is 0.112. The number of nitrogens with two attached hydrogens (primary N) is 1. The molecule has 0 unspecified atom stereocenters. The van der Waals surface area contributed by atoms with Crippen LogP contribution < -0.4 is 5.73 Å². The summed E-state index contributed by atoms with van der Waals surface area (Å²) in [5.41, 5.74) is 9.18. The first-order valence-corrected chi connectivity index (χ1v) is 5.71. The maximum Gasteiger partial charge on any atom is 0.0557 e. The summed E-state index contributed by atoms with van der Waals surface area (Å²) in [6.07, 6.45) is 3.41. The SMILES string of the molecule is NC1(Cc2ccccc2C2COC2)CC1. The van der Waals surface area contributed by atoms with Gasteiger partial charge >= 0.3 is 0 Å². The molecule has 2 aliphatic rings. The predicted molar refractivity (Wildman–Crippen MR) is 59.9 cm³/mol. The molecular formula is C13H17NO. The van der Waals surface area contributed by atoms with E-state index in [0.717, 1.165) is 19.6 Å². The Morgan fingerprint density at radius 1 is 1.27 bits per heavy atom.